The van der Waals surface area contributed by atoms with Crippen LogP contribution in [0.2, 0.25) is 0 Å². The third-order valence-electron chi connectivity index (χ3n) is 2.05. The Morgan fingerprint density at radius 1 is 1.35 bits per heavy atom. The largest absolute Gasteiger partial charge is 0.456 e. The van der Waals surface area contributed by atoms with Crippen molar-refractivity contribution in [3.8, 4) is 0 Å². The molecule has 0 aliphatic rings. The Balaban J connectivity index is 3.21. The summed E-state index contributed by atoms with van der Waals surface area (Å²) >= 11 is 0. The molecule has 0 spiro atoms. The number of rotatable bonds is 2. The van der Waals surface area contributed by atoms with Crippen molar-refractivity contribution < 1.29 is 14.5 Å². The number of hydrogen-bond donors (Lipinski definition) is 0. The van der Waals surface area contributed by atoms with E-state index in [1.54, 1.807) is 39.8 Å². The summed E-state index contributed by atoms with van der Waals surface area (Å²) in [6.07, 6.45) is 0. The molecule has 0 aliphatic heterocycles. The van der Waals surface area contributed by atoms with Gasteiger partial charge in [-0.15, -0.1) is 0 Å². The van der Waals surface area contributed by atoms with E-state index >= 15 is 0 Å². The Labute approximate surface area is 99.5 Å². The number of nitro benzene ring substituents is 1. The maximum atomic E-state index is 11.9. The predicted molar refractivity (Wildman–Crippen MR) is 63.0 cm³/mol. The lowest BCUT2D eigenvalue weighted by molar-refractivity contribution is -0.385. The molecule has 0 radical (unpaired) electrons. The van der Waals surface area contributed by atoms with E-state index in [9.17, 15) is 14.9 Å². The van der Waals surface area contributed by atoms with E-state index in [2.05, 4.69) is 0 Å². The zero-order chi connectivity index (χ0) is 13.2. The molecule has 0 aromatic heterocycles. The van der Waals surface area contributed by atoms with Gasteiger partial charge in [-0.05, 0) is 33.3 Å². The molecule has 0 saturated heterocycles. The van der Waals surface area contributed by atoms with Crippen LogP contribution in [0.5, 0.6) is 0 Å². The van der Waals surface area contributed by atoms with Crippen LogP contribution in [0.25, 0.3) is 0 Å². The van der Waals surface area contributed by atoms with Crippen molar-refractivity contribution in [2.45, 2.75) is 33.3 Å². The van der Waals surface area contributed by atoms with Gasteiger partial charge in [0.05, 0.1) is 4.92 Å². The normalized spacial score (nSPS) is 11.1. The van der Waals surface area contributed by atoms with Crippen LogP contribution in [0.15, 0.2) is 18.2 Å². The average Bonchev–Trinajstić information content (AvgIpc) is 2.13. The summed E-state index contributed by atoms with van der Waals surface area (Å²) in [5.74, 6) is -0.665. The number of ether oxygens (including phenoxy) is 1. The van der Waals surface area contributed by atoms with E-state index in [4.69, 9.17) is 4.74 Å². The topological polar surface area (TPSA) is 69.4 Å². The van der Waals surface area contributed by atoms with Crippen LogP contribution in [-0.2, 0) is 4.74 Å². The minimum absolute atomic E-state index is 0.0208. The lowest BCUT2D eigenvalue weighted by Crippen LogP contribution is -2.24. The van der Waals surface area contributed by atoms with Crippen LogP contribution >= 0.6 is 0 Å². The van der Waals surface area contributed by atoms with Crippen molar-refractivity contribution in [2.75, 3.05) is 0 Å². The van der Waals surface area contributed by atoms with Gasteiger partial charge in [0.2, 0.25) is 0 Å². The van der Waals surface area contributed by atoms with Gasteiger partial charge in [0.1, 0.15) is 11.2 Å². The number of hydrogen-bond acceptors (Lipinski definition) is 4. The second-order valence-electron chi connectivity index (χ2n) is 4.73. The van der Waals surface area contributed by atoms with Gasteiger partial charge in [-0.25, -0.2) is 4.79 Å². The van der Waals surface area contributed by atoms with Crippen molar-refractivity contribution in [3.63, 3.8) is 0 Å². The van der Waals surface area contributed by atoms with Crippen molar-refractivity contribution in [1.29, 1.82) is 0 Å². The van der Waals surface area contributed by atoms with E-state index < -0.39 is 16.5 Å². The third kappa shape index (κ3) is 3.27. The highest BCUT2D eigenvalue weighted by Crippen LogP contribution is 2.24. The number of nitro groups is 1. The Kier molecular flexibility index (Phi) is 3.50. The Hall–Kier alpha value is -1.91. The smallest absolute Gasteiger partial charge is 0.345 e. The highest BCUT2D eigenvalue weighted by atomic mass is 16.6. The summed E-state index contributed by atoms with van der Waals surface area (Å²) in [7, 11) is 0. The molecule has 17 heavy (non-hydrogen) atoms. The average molecular weight is 237 g/mol. The molecule has 5 nitrogen and oxygen atoms in total. The lowest BCUT2D eigenvalue weighted by atomic mass is 10.1. The molecule has 1 aromatic carbocycles. The highest BCUT2D eigenvalue weighted by Gasteiger charge is 2.26. The first kappa shape index (κ1) is 13.2. The molecule has 0 atom stereocenters. The molecule has 0 aliphatic carbocycles. The van der Waals surface area contributed by atoms with Crippen LogP contribution in [0.4, 0.5) is 5.69 Å². The number of carbonyl (C=O) groups excluding carboxylic acids is 1. The minimum Gasteiger partial charge on any atom is -0.456 e. The van der Waals surface area contributed by atoms with E-state index in [0.717, 1.165) is 0 Å². The summed E-state index contributed by atoms with van der Waals surface area (Å²) in [6, 6.07) is 4.49. The second kappa shape index (κ2) is 4.53. The van der Waals surface area contributed by atoms with Gasteiger partial charge in [0, 0.05) is 6.07 Å². The Bertz CT molecular complexity index is 460. The molecule has 92 valence electrons. The first-order valence-electron chi connectivity index (χ1n) is 5.20. The zero-order valence-corrected chi connectivity index (χ0v) is 10.3. The first-order chi connectivity index (χ1) is 7.72. The van der Waals surface area contributed by atoms with E-state index in [0.29, 0.717) is 5.56 Å². The Morgan fingerprint density at radius 2 is 1.94 bits per heavy atom. The first-order valence-corrected chi connectivity index (χ1v) is 5.20. The van der Waals surface area contributed by atoms with Crippen LogP contribution < -0.4 is 0 Å². The predicted octanol–water partition coefficient (Wildman–Crippen LogP) is 2.86. The monoisotopic (exact) mass is 237 g/mol. The quantitative estimate of drug-likeness (QED) is 0.450. The standard InChI is InChI=1S/C12H15NO4/c1-8-6-5-7-9(13(15)16)10(8)11(14)17-12(2,3)4/h5-7H,1-4H3. The van der Waals surface area contributed by atoms with Gasteiger partial charge >= 0.3 is 5.97 Å². The van der Waals surface area contributed by atoms with Gasteiger partial charge in [0.15, 0.2) is 0 Å². The summed E-state index contributed by atoms with van der Waals surface area (Å²) in [6.45, 7) is 6.80. The SMILES string of the molecule is Cc1cccc([N+](=O)[O-])c1C(=O)OC(C)(C)C. The van der Waals surface area contributed by atoms with Crippen molar-refractivity contribution in [3.05, 3.63) is 39.4 Å². The maximum absolute atomic E-state index is 11.9. The molecule has 0 saturated carbocycles. The molecular formula is C12H15NO4. The highest BCUT2D eigenvalue weighted by molar-refractivity contribution is 5.95. The van der Waals surface area contributed by atoms with Crippen LogP contribution in [0.3, 0.4) is 0 Å². The minimum atomic E-state index is -0.673. The van der Waals surface area contributed by atoms with E-state index in [-0.39, 0.29) is 11.3 Å². The van der Waals surface area contributed by atoms with Crippen LogP contribution in [-0.4, -0.2) is 16.5 Å². The molecule has 0 bridgehead atoms. The molecule has 0 amide bonds. The van der Waals surface area contributed by atoms with Crippen LogP contribution in [0, 0.1) is 17.0 Å². The number of nitrogens with zero attached hydrogens (tertiary/aromatic N) is 1. The van der Waals surface area contributed by atoms with E-state index in [1.165, 1.54) is 6.07 Å². The fraction of sp³-hybridized carbons (Fsp3) is 0.417. The zero-order valence-electron chi connectivity index (χ0n) is 10.3. The fourth-order valence-electron chi connectivity index (χ4n) is 1.40. The van der Waals surface area contributed by atoms with Crippen molar-refractivity contribution in [2.24, 2.45) is 0 Å². The number of carbonyl (C=O) groups is 1. The van der Waals surface area contributed by atoms with Crippen molar-refractivity contribution in [1.82, 2.24) is 0 Å². The molecule has 1 aromatic rings. The summed E-state index contributed by atoms with van der Waals surface area (Å²) in [5.41, 5.74) is -0.340. The molecule has 0 heterocycles. The summed E-state index contributed by atoms with van der Waals surface area (Å²) in [4.78, 5) is 22.1. The fourth-order valence-corrected chi connectivity index (χ4v) is 1.40. The molecule has 0 fully saturated rings. The molecule has 0 unspecified atom stereocenters. The number of benzene rings is 1. The lowest BCUT2D eigenvalue weighted by Gasteiger charge is -2.19. The number of aryl methyl sites for hydroxylation is 1. The summed E-state index contributed by atoms with van der Waals surface area (Å²) < 4.78 is 5.15. The van der Waals surface area contributed by atoms with Gasteiger partial charge in [-0.2, -0.15) is 0 Å². The second-order valence-corrected chi connectivity index (χ2v) is 4.73. The number of esters is 1. The molecule has 0 N–H and O–H groups in total. The summed E-state index contributed by atoms with van der Waals surface area (Å²) in [5, 5.41) is 10.8. The van der Waals surface area contributed by atoms with Gasteiger partial charge in [-0.3, -0.25) is 10.1 Å². The van der Waals surface area contributed by atoms with E-state index in [1.807, 2.05) is 0 Å². The third-order valence-corrected chi connectivity index (χ3v) is 2.05. The molecule has 1 rings (SSSR count). The van der Waals surface area contributed by atoms with Gasteiger partial charge in [-0.1, -0.05) is 12.1 Å². The molecule has 5 heteroatoms. The molecular weight excluding hydrogens is 222 g/mol. The maximum Gasteiger partial charge on any atom is 0.345 e. The van der Waals surface area contributed by atoms with Crippen LogP contribution in [0.1, 0.15) is 36.7 Å². The van der Waals surface area contributed by atoms with Gasteiger partial charge < -0.3 is 4.74 Å². The van der Waals surface area contributed by atoms with Crippen molar-refractivity contribution >= 4 is 11.7 Å². The van der Waals surface area contributed by atoms with Gasteiger partial charge in [0.25, 0.3) is 5.69 Å². The Morgan fingerprint density at radius 3 is 2.41 bits per heavy atom.